The molecule has 1 aliphatic rings. The van der Waals surface area contributed by atoms with Crippen LogP contribution in [0.1, 0.15) is 45.6 Å². The predicted octanol–water partition coefficient (Wildman–Crippen LogP) is 3.20. The summed E-state index contributed by atoms with van der Waals surface area (Å²) in [5, 5.41) is 9.57. The molecule has 0 saturated heterocycles. The first-order valence-electron chi connectivity index (χ1n) is 6.35. The van der Waals surface area contributed by atoms with Crippen molar-refractivity contribution in [2.75, 3.05) is 5.75 Å². The number of aromatic nitrogens is 2. The summed E-state index contributed by atoms with van der Waals surface area (Å²) in [6.45, 7) is 4.61. The van der Waals surface area contributed by atoms with Crippen LogP contribution in [0.3, 0.4) is 0 Å². The average Bonchev–Trinajstić information content (AvgIpc) is 2.73. The third kappa shape index (κ3) is 3.28. The number of carboxylic acid groups (broad SMARTS) is 1. The van der Waals surface area contributed by atoms with E-state index in [1.807, 2.05) is 6.20 Å². The maximum absolute atomic E-state index is 10.6. The zero-order chi connectivity index (χ0) is 13.2. The first-order chi connectivity index (χ1) is 8.48. The van der Waals surface area contributed by atoms with Gasteiger partial charge in [0.2, 0.25) is 0 Å². The Morgan fingerprint density at radius 1 is 1.67 bits per heavy atom. The molecule has 1 aromatic rings. The lowest BCUT2D eigenvalue weighted by atomic mass is 9.75. The van der Waals surface area contributed by atoms with E-state index in [4.69, 9.17) is 5.11 Å². The highest BCUT2D eigenvalue weighted by Gasteiger charge is 2.29. The lowest BCUT2D eigenvalue weighted by Crippen LogP contribution is -2.25. The molecule has 5 heteroatoms. The fourth-order valence-corrected chi connectivity index (χ4v) is 3.46. The lowest BCUT2D eigenvalue weighted by molar-refractivity contribution is -0.133. The zero-order valence-electron chi connectivity index (χ0n) is 10.9. The van der Waals surface area contributed by atoms with E-state index in [0.29, 0.717) is 11.5 Å². The van der Waals surface area contributed by atoms with Crippen LogP contribution in [-0.4, -0.2) is 26.4 Å². The molecular formula is C13H20N2O2S. The normalized spacial score (nSPS) is 22.9. The molecule has 0 bridgehead atoms. The van der Waals surface area contributed by atoms with Crippen LogP contribution in [0.2, 0.25) is 0 Å². The van der Waals surface area contributed by atoms with E-state index in [-0.39, 0.29) is 5.75 Å². The van der Waals surface area contributed by atoms with Crippen LogP contribution in [0.25, 0.3) is 0 Å². The zero-order valence-corrected chi connectivity index (χ0v) is 11.7. The van der Waals surface area contributed by atoms with Gasteiger partial charge >= 0.3 is 5.97 Å². The molecule has 1 N–H and O–H groups in total. The van der Waals surface area contributed by atoms with E-state index in [1.54, 1.807) is 6.20 Å². The second-order valence-electron chi connectivity index (χ2n) is 5.71. The van der Waals surface area contributed by atoms with Crippen molar-refractivity contribution in [1.29, 1.82) is 0 Å². The van der Waals surface area contributed by atoms with Crippen LogP contribution in [0.4, 0.5) is 0 Å². The number of thioether (sulfide) groups is 1. The number of aliphatic carboxylic acids is 1. The topological polar surface area (TPSA) is 55.1 Å². The fraction of sp³-hybridized carbons (Fsp3) is 0.692. The molecule has 1 aliphatic carbocycles. The summed E-state index contributed by atoms with van der Waals surface area (Å²) < 4.78 is 2.16. The number of hydrogen-bond acceptors (Lipinski definition) is 3. The van der Waals surface area contributed by atoms with Crippen molar-refractivity contribution in [1.82, 2.24) is 9.55 Å². The summed E-state index contributed by atoms with van der Waals surface area (Å²) in [5.41, 5.74) is 0.377. The molecule has 0 spiro atoms. The molecule has 100 valence electrons. The number of imidazole rings is 1. The molecule has 1 unspecified atom stereocenters. The quantitative estimate of drug-likeness (QED) is 0.852. The highest BCUT2D eigenvalue weighted by molar-refractivity contribution is 7.99. The van der Waals surface area contributed by atoms with Crippen molar-refractivity contribution in [2.24, 2.45) is 5.41 Å². The fourth-order valence-electron chi connectivity index (χ4n) is 2.71. The number of hydrogen-bond donors (Lipinski definition) is 1. The molecule has 0 amide bonds. The van der Waals surface area contributed by atoms with Gasteiger partial charge in [0, 0.05) is 18.4 Å². The number of carboxylic acids is 1. The molecule has 0 aromatic carbocycles. The Labute approximate surface area is 112 Å². The molecule has 1 aromatic heterocycles. The van der Waals surface area contributed by atoms with E-state index in [1.165, 1.54) is 31.0 Å². The predicted molar refractivity (Wildman–Crippen MR) is 71.9 cm³/mol. The van der Waals surface area contributed by atoms with Gasteiger partial charge in [0.15, 0.2) is 5.16 Å². The third-order valence-corrected chi connectivity index (χ3v) is 4.50. The molecule has 0 radical (unpaired) electrons. The Morgan fingerprint density at radius 2 is 2.44 bits per heavy atom. The molecule has 2 rings (SSSR count). The van der Waals surface area contributed by atoms with Crippen LogP contribution >= 0.6 is 11.8 Å². The van der Waals surface area contributed by atoms with Crippen molar-refractivity contribution in [3.05, 3.63) is 12.4 Å². The molecule has 1 atom stereocenters. The minimum absolute atomic E-state index is 0.0765. The van der Waals surface area contributed by atoms with E-state index < -0.39 is 5.97 Å². The van der Waals surface area contributed by atoms with Gasteiger partial charge in [-0.3, -0.25) is 4.79 Å². The first-order valence-corrected chi connectivity index (χ1v) is 7.34. The van der Waals surface area contributed by atoms with E-state index in [2.05, 4.69) is 23.4 Å². The second-order valence-corrected chi connectivity index (χ2v) is 6.66. The van der Waals surface area contributed by atoms with Crippen molar-refractivity contribution in [3.63, 3.8) is 0 Å². The Balaban J connectivity index is 2.08. The van der Waals surface area contributed by atoms with Gasteiger partial charge in [0.1, 0.15) is 0 Å². The number of carbonyl (C=O) groups is 1. The molecule has 1 saturated carbocycles. The van der Waals surface area contributed by atoms with E-state index in [9.17, 15) is 4.79 Å². The summed E-state index contributed by atoms with van der Waals surface area (Å²) in [7, 11) is 0. The van der Waals surface area contributed by atoms with Crippen LogP contribution < -0.4 is 0 Å². The van der Waals surface area contributed by atoms with Gasteiger partial charge < -0.3 is 9.67 Å². The van der Waals surface area contributed by atoms with Crippen molar-refractivity contribution in [2.45, 2.75) is 50.7 Å². The maximum Gasteiger partial charge on any atom is 0.313 e. The SMILES string of the molecule is CC1(C)CCCC(n2ccnc2SCC(=O)O)C1. The summed E-state index contributed by atoms with van der Waals surface area (Å²) in [5.74, 6) is -0.717. The molecule has 18 heavy (non-hydrogen) atoms. The average molecular weight is 268 g/mol. The summed E-state index contributed by atoms with van der Waals surface area (Å²) in [6.07, 6.45) is 8.57. The summed E-state index contributed by atoms with van der Waals surface area (Å²) >= 11 is 1.31. The van der Waals surface area contributed by atoms with Gasteiger partial charge in [0.25, 0.3) is 0 Å². The highest BCUT2D eigenvalue weighted by atomic mass is 32.2. The molecule has 4 nitrogen and oxygen atoms in total. The molecule has 0 aliphatic heterocycles. The molecule has 1 heterocycles. The van der Waals surface area contributed by atoms with Gasteiger partial charge in [-0.25, -0.2) is 4.98 Å². The van der Waals surface area contributed by atoms with Crippen molar-refractivity contribution in [3.8, 4) is 0 Å². The first kappa shape index (κ1) is 13.5. The van der Waals surface area contributed by atoms with Crippen LogP contribution in [0.5, 0.6) is 0 Å². The van der Waals surface area contributed by atoms with Crippen LogP contribution in [-0.2, 0) is 4.79 Å². The van der Waals surface area contributed by atoms with E-state index >= 15 is 0 Å². The van der Waals surface area contributed by atoms with Gasteiger partial charge in [-0.05, 0) is 24.7 Å². The Hall–Kier alpha value is -0.970. The Kier molecular flexibility index (Phi) is 4.00. The van der Waals surface area contributed by atoms with Crippen molar-refractivity contribution >= 4 is 17.7 Å². The van der Waals surface area contributed by atoms with Crippen LogP contribution in [0.15, 0.2) is 17.6 Å². The monoisotopic (exact) mass is 268 g/mol. The smallest absolute Gasteiger partial charge is 0.313 e. The van der Waals surface area contributed by atoms with Crippen molar-refractivity contribution < 1.29 is 9.90 Å². The minimum atomic E-state index is -0.793. The number of nitrogens with zero attached hydrogens (tertiary/aromatic N) is 2. The standard InChI is InChI=1S/C13H20N2O2S/c1-13(2)5-3-4-10(8-13)15-7-6-14-12(15)18-9-11(16)17/h6-7,10H,3-5,8-9H2,1-2H3,(H,16,17). The lowest BCUT2D eigenvalue weighted by Gasteiger charge is -2.36. The minimum Gasteiger partial charge on any atom is -0.481 e. The maximum atomic E-state index is 10.6. The largest absolute Gasteiger partial charge is 0.481 e. The highest BCUT2D eigenvalue weighted by Crippen LogP contribution is 2.41. The Bertz CT molecular complexity index is 428. The number of rotatable bonds is 4. The second kappa shape index (κ2) is 5.34. The molecule has 1 fully saturated rings. The summed E-state index contributed by atoms with van der Waals surface area (Å²) in [4.78, 5) is 14.9. The van der Waals surface area contributed by atoms with Gasteiger partial charge in [-0.1, -0.05) is 32.0 Å². The third-order valence-electron chi connectivity index (χ3n) is 3.53. The Morgan fingerprint density at radius 3 is 3.11 bits per heavy atom. The van der Waals surface area contributed by atoms with Gasteiger partial charge in [-0.15, -0.1) is 0 Å². The van der Waals surface area contributed by atoms with E-state index in [0.717, 1.165) is 11.6 Å². The molecular weight excluding hydrogens is 248 g/mol. The van der Waals surface area contributed by atoms with Gasteiger partial charge in [-0.2, -0.15) is 0 Å². The van der Waals surface area contributed by atoms with Crippen LogP contribution in [0, 0.1) is 5.41 Å². The summed E-state index contributed by atoms with van der Waals surface area (Å²) in [6, 6.07) is 0.465. The van der Waals surface area contributed by atoms with Gasteiger partial charge in [0.05, 0.1) is 5.75 Å².